The lowest BCUT2D eigenvalue weighted by atomic mass is 10.1. The molecule has 28 heavy (non-hydrogen) atoms. The maximum atomic E-state index is 12.2. The van der Waals surface area contributed by atoms with Gasteiger partial charge in [0.15, 0.2) is 0 Å². The molecule has 1 amide bonds. The van der Waals surface area contributed by atoms with Crippen molar-refractivity contribution in [1.82, 2.24) is 10.2 Å². The molecule has 6 heteroatoms. The van der Waals surface area contributed by atoms with E-state index in [1.54, 1.807) is 0 Å². The second-order valence-corrected chi connectivity index (χ2v) is 7.76. The van der Waals surface area contributed by atoms with E-state index < -0.39 is 0 Å². The number of ether oxygens (including phenoxy) is 2. The molecule has 1 aliphatic heterocycles. The number of carbonyl (C=O) groups excluding carboxylic acids is 1. The van der Waals surface area contributed by atoms with Crippen LogP contribution in [0.5, 0.6) is 5.75 Å². The third kappa shape index (κ3) is 6.93. The Bertz CT molecular complexity index is 763. The maximum Gasteiger partial charge on any atom is 0.220 e. The second kappa shape index (κ2) is 11.2. The Hall–Kier alpha value is -1.89. The number of benzene rings is 2. The van der Waals surface area contributed by atoms with Crippen LogP contribution in [0.15, 0.2) is 53.0 Å². The first-order chi connectivity index (χ1) is 13.7. The van der Waals surface area contributed by atoms with Crippen molar-refractivity contribution in [3.63, 3.8) is 0 Å². The Morgan fingerprint density at radius 1 is 1.11 bits per heavy atom. The van der Waals surface area contributed by atoms with Crippen molar-refractivity contribution in [3.8, 4) is 5.75 Å². The van der Waals surface area contributed by atoms with E-state index in [4.69, 9.17) is 9.47 Å². The lowest BCUT2D eigenvalue weighted by Gasteiger charge is -2.27. The summed E-state index contributed by atoms with van der Waals surface area (Å²) < 4.78 is 12.1. The number of nitrogens with zero attached hydrogens (tertiary/aromatic N) is 1. The number of hydrogen-bond acceptors (Lipinski definition) is 4. The maximum absolute atomic E-state index is 12.2. The van der Waals surface area contributed by atoms with E-state index in [9.17, 15) is 4.79 Å². The smallest absolute Gasteiger partial charge is 0.220 e. The summed E-state index contributed by atoms with van der Waals surface area (Å²) >= 11 is 3.42. The summed E-state index contributed by atoms with van der Waals surface area (Å²) in [5.74, 6) is 0.867. The van der Waals surface area contributed by atoms with E-state index in [1.165, 1.54) is 11.1 Å². The summed E-state index contributed by atoms with van der Waals surface area (Å²) in [6.07, 6.45) is 1.15. The van der Waals surface area contributed by atoms with Crippen LogP contribution in [0.4, 0.5) is 0 Å². The highest BCUT2D eigenvalue weighted by molar-refractivity contribution is 9.10. The zero-order chi connectivity index (χ0) is 19.6. The molecular formula is C22H27BrN2O3. The van der Waals surface area contributed by atoms with Gasteiger partial charge in [0.1, 0.15) is 5.75 Å². The van der Waals surface area contributed by atoms with E-state index in [0.29, 0.717) is 26.0 Å². The lowest BCUT2D eigenvalue weighted by Crippen LogP contribution is -2.36. The number of hydrogen-bond donors (Lipinski definition) is 1. The fraction of sp³-hybridized carbons (Fsp3) is 0.409. The van der Waals surface area contributed by atoms with E-state index in [2.05, 4.69) is 44.3 Å². The van der Waals surface area contributed by atoms with Gasteiger partial charge in [-0.25, -0.2) is 0 Å². The van der Waals surface area contributed by atoms with Crippen molar-refractivity contribution >= 4 is 21.8 Å². The van der Waals surface area contributed by atoms with E-state index >= 15 is 0 Å². The largest absolute Gasteiger partial charge is 0.494 e. The molecule has 2 aromatic rings. The third-order valence-corrected chi connectivity index (χ3v) is 5.20. The summed E-state index contributed by atoms with van der Waals surface area (Å²) in [5, 5.41) is 3.04. The molecule has 1 heterocycles. The summed E-state index contributed by atoms with van der Waals surface area (Å²) in [7, 11) is 0. The van der Waals surface area contributed by atoms with Gasteiger partial charge < -0.3 is 14.8 Å². The summed E-state index contributed by atoms with van der Waals surface area (Å²) in [4.78, 5) is 14.6. The molecule has 1 fully saturated rings. The van der Waals surface area contributed by atoms with Crippen LogP contribution in [-0.4, -0.2) is 43.7 Å². The SMILES string of the molecule is O=C(CCCOc1cccc(Br)c1)NCc1ccccc1CN1CCOCC1. The van der Waals surface area contributed by atoms with Crippen LogP contribution in [0.1, 0.15) is 24.0 Å². The quantitative estimate of drug-likeness (QED) is 0.595. The first kappa shape index (κ1) is 20.8. The van der Waals surface area contributed by atoms with Gasteiger partial charge in [0.05, 0.1) is 19.8 Å². The number of nitrogens with one attached hydrogen (secondary N) is 1. The highest BCUT2D eigenvalue weighted by Gasteiger charge is 2.13. The van der Waals surface area contributed by atoms with Crippen molar-refractivity contribution in [1.29, 1.82) is 0 Å². The predicted molar refractivity (Wildman–Crippen MR) is 113 cm³/mol. The molecule has 150 valence electrons. The minimum atomic E-state index is 0.0546. The molecule has 0 radical (unpaired) electrons. The molecule has 3 rings (SSSR count). The minimum absolute atomic E-state index is 0.0546. The van der Waals surface area contributed by atoms with Crippen LogP contribution in [0.3, 0.4) is 0 Å². The number of morpholine rings is 1. The Balaban J connectivity index is 1.39. The standard InChI is InChI=1S/C22H27BrN2O3/c23-20-7-3-8-21(15-20)28-12-4-9-22(26)24-16-18-5-1-2-6-19(18)17-25-10-13-27-14-11-25/h1-3,5-8,15H,4,9-14,16-17H2,(H,24,26). The summed E-state index contributed by atoms with van der Waals surface area (Å²) in [6, 6.07) is 16.0. The minimum Gasteiger partial charge on any atom is -0.494 e. The molecular weight excluding hydrogens is 420 g/mol. The first-order valence-corrected chi connectivity index (χ1v) is 10.5. The Kier molecular flexibility index (Phi) is 8.33. The fourth-order valence-electron chi connectivity index (χ4n) is 3.15. The molecule has 1 N–H and O–H groups in total. The highest BCUT2D eigenvalue weighted by atomic mass is 79.9. The number of rotatable bonds is 9. The Morgan fingerprint density at radius 2 is 1.89 bits per heavy atom. The number of amides is 1. The predicted octanol–water partition coefficient (Wildman–Crippen LogP) is 3.76. The first-order valence-electron chi connectivity index (χ1n) is 9.72. The van der Waals surface area contributed by atoms with Gasteiger partial charge in [-0.1, -0.05) is 46.3 Å². The van der Waals surface area contributed by atoms with E-state index in [-0.39, 0.29) is 5.91 Å². The fourth-order valence-corrected chi connectivity index (χ4v) is 3.52. The summed E-state index contributed by atoms with van der Waals surface area (Å²) in [5.41, 5.74) is 2.44. The average molecular weight is 447 g/mol. The molecule has 0 atom stereocenters. The van der Waals surface area contributed by atoms with Crippen LogP contribution < -0.4 is 10.1 Å². The second-order valence-electron chi connectivity index (χ2n) is 6.84. The van der Waals surface area contributed by atoms with Gasteiger partial charge in [0, 0.05) is 37.1 Å². The van der Waals surface area contributed by atoms with Crippen molar-refractivity contribution in [2.75, 3.05) is 32.9 Å². The van der Waals surface area contributed by atoms with Crippen LogP contribution in [0, 0.1) is 0 Å². The Morgan fingerprint density at radius 3 is 2.68 bits per heavy atom. The number of halogens is 1. The molecule has 0 unspecified atom stereocenters. The highest BCUT2D eigenvalue weighted by Crippen LogP contribution is 2.18. The van der Waals surface area contributed by atoms with Crippen LogP contribution >= 0.6 is 15.9 Å². The molecule has 0 saturated carbocycles. The molecule has 2 aromatic carbocycles. The van der Waals surface area contributed by atoms with Crippen LogP contribution in [0.2, 0.25) is 0 Å². The van der Waals surface area contributed by atoms with Gasteiger partial charge in [-0.05, 0) is 35.7 Å². The van der Waals surface area contributed by atoms with Crippen molar-refractivity contribution in [2.24, 2.45) is 0 Å². The molecule has 0 aliphatic carbocycles. The molecule has 1 aliphatic rings. The van der Waals surface area contributed by atoms with Gasteiger partial charge >= 0.3 is 0 Å². The van der Waals surface area contributed by atoms with Gasteiger partial charge in [-0.15, -0.1) is 0 Å². The van der Waals surface area contributed by atoms with E-state index in [1.807, 2.05) is 30.3 Å². The lowest BCUT2D eigenvalue weighted by molar-refractivity contribution is -0.121. The third-order valence-electron chi connectivity index (χ3n) is 4.71. The molecule has 0 aromatic heterocycles. The molecule has 0 bridgehead atoms. The van der Waals surface area contributed by atoms with Gasteiger partial charge in [-0.2, -0.15) is 0 Å². The van der Waals surface area contributed by atoms with Gasteiger partial charge in [0.25, 0.3) is 0 Å². The van der Waals surface area contributed by atoms with Gasteiger partial charge in [-0.3, -0.25) is 9.69 Å². The number of carbonyl (C=O) groups is 1. The zero-order valence-electron chi connectivity index (χ0n) is 16.0. The molecule has 5 nitrogen and oxygen atoms in total. The molecule has 0 spiro atoms. The van der Waals surface area contributed by atoms with E-state index in [0.717, 1.165) is 43.1 Å². The van der Waals surface area contributed by atoms with Crippen molar-refractivity contribution in [2.45, 2.75) is 25.9 Å². The van der Waals surface area contributed by atoms with Crippen LogP contribution in [-0.2, 0) is 22.6 Å². The van der Waals surface area contributed by atoms with Gasteiger partial charge in [0.2, 0.25) is 5.91 Å². The molecule has 1 saturated heterocycles. The average Bonchev–Trinajstić information content (AvgIpc) is 2.71. The summed E-state index contributed by atoms with van der Waals surface area (Å²) in [6.45, 7) is 5.48. The van der Waals surface area contributed by atoms with Crippen molar-refractivity contribution in [3.05, 3.63) is 64.1 Å². The normalized spacial score (nSPS) is 14.6. The Labute approximate surface area is 175 Å². The topological polar surface area (TPSA) is 50.8 Å². The monoisotopic (exact) mass is 446 g/mol. The van der Waals surface area contributed by atoms with Crippen LogP contribution in [0.25, 0.3) is 0 Å². The van der Waals surface area contributed by atoms with Crippen molar-refractivity contribution < 1.29 is 14.3 Å². The zero-order valence-corrected chi connectivity index (χ0v) is 17.6.